The van der Waals surface area contributed by atoms with Crippen molar-refractivity contribution in [2.24, 2.45) is 0 Å². The summed E-state index contributed by atoms with van der Waals surface area (Å²) in [6.07, 6.45) is 8.79. The third kappa shape index (κ3) is 30.9. The highest BCUT2D eigenvalue weighted by Gasteiger charge is 2.15. The maximum atomic E-state index is 11.7. The second kappa shape index (κ2) is 27.3. The molecule has 0 rings (SSSR count). The lowest BCUT2D eigenvalue weighted by Gasteiger charge is -2.19. The average Bonchev–Trinajstić information content (AvgIpc) is 2.86. The van der Waals surface area contributed by atoms with Crippen LogP contribution in [0.4, 0.5) is 0 Å². The Morgan fingerprint density at radius 1 is 0.500 bits per heavy atom. The number of unbranched alkanes of at least 4 members (excludes halogenated alkanes) is 6. The molecule has 38 heavy (non-hydrogen) atoms. The minimum Gasteiger partial charge on any atom is -0.463 e. The van der Waals surface area contributed by atoms with Crippen LogP contribution in [0.15, 0.2) is 0 Å². The van der Waals surface area contributed by atoms with E-state index >= 15 is 0 Å². The van der Waals surface area contributed by atoms with Gasteiger partial charge in [-0.3, -0.25) is 4.79 Å². The van der Waals surface area contributed by atoms with Crippen LogP contribution in [0.1, 0.15) is 79.1 Å². The van der Waals surface area contributed by atoms with Gasteiger partial charge in [-0.15, -0.1) is 0 Å². The van der Waals surface area contributed by atoms with Crippen LogP contribution in [0.25, 0.3) is 0 Å². The van der Waals surface area contributed by atoms with E-state index in [9.17, 15) is 9.59 Å². The first-order valence-electron chi connectivity index (χ1n) is 14.2. The van der Waals surface area contributed by atoms with Crippen molar-refractivity contribution in [3.8, 4) is 0 Å². The standard InChI is InChI=1S/C28H54O10/c1-5-6-7-8-9-10-11-12-26(29)37-24-23-35-20-19-33-16-15-31-13-14-32-17-18-34-21-22-36-25-27(30)38-28(2,3)4/h5-25H2,1-4H3. The highest BCUT2D eigenvalue weighted by Crippen LogP contribution is 2.09. The highest BCUT2D eigenvalue weighted by atomic mass is 16.6. The normalized spacial score (nSPS) is 11.6. The molecule has 0 aromatic rings. The summed E-state index contributed by atoms with van der Waals surface area (Å²) in [5.41, 5.74) is -0.508. The number of esters is 2. The predicted octanol–water partition coefficient (Wildman–Crippen LogP) is 4.11. The van der Waals surface area contributed by atoms with Gasteiger partial charge in [0.2, 0.25) is 0 Å². The smallest absolute Gasteiger partial charge is 0.332 e. The van der Waals surface area contributed by atoms with Gasteiger partial charge in [-0.1, -0.05) is 45.4 Å². The van der Waals surface area contributed by atoms with Gasteiger partial charge in [-0.2, -0.15) is 0 Å². The SMILES string of the molecule is CCCCCCCCCC(=O)OCCOCCOCCOCCOCCOCCOCC(=O)OC(C)(C)C. The molecule has 10 nitrogen and oxygen atoms in total. The summed E-state index contributed by atoms with van der Waals surface area (Å²) in [5, 5.41) is 0. The Morgan fingerprint density at radius 3 is 1.34 bits per heavy atom. The van der Waals surface area contributed by atoms with Gasteiger partial charge in [0, 0.05) is 6.42 Å². The molecule has 0 radical (unpaired) electrons. The maximum absolute atomic E-state index is 11.7. The lowest BCUT2D eigenvalue weighted by Crippen LogP contribution is -2.27. The van der Waals surface area contributed by atoms with Crippen LogP contribution in [0.3, 0.4) is 0 Å². The topological polar surface area (TPSA) is 108 Å². The Hall–Kier alpha value is -1.30. The molecule has 0 aliphatic carbocycles. The van der Waals surface area contributed by atoms with E-state index in [4.69, 9.17) is 37.9 Å². The number of carbonyl (C=O) groups excluding carboxylic acids is 2. The van der Waals surface area contributed by atoms with Crippen LogP contribution in [-0.4, -0.2) is 103 Å². The van der Waals surface area contributed by atoms with Crippen molar-refractivity contribution >= 4 is 11.9 Å². The molecule has 0 unspecified atom stereocenters. The monoisotopic (exact) mass is 550 g/mol. The van der Waals surface area contributed by atoms with E-state index in [2.05, 4.69) is 6.92 Å². The molecule has 0 N–H and O–H groups in total. The minimum atomic E-state index is -0.508. The number of rotatable bonds is 28. The Kier molecular flexibility index (Phi) is 26.3. The molecule has 0 bridgehead atoms. The molecule has 0 aromatic carbocycles. The Morgan fingerprint density at radius 2 is 0.895 bits per heavy atom. The predicted molar refractivity (Wildman–Crippen MR) is 144 cm³/mol. The van der Waals surface area contributed by atoms with E-state index in [0.29, 0.717) is 79.1 Å². The number of hydrogen-bond donors (Lipinski definition) is 0. The molecular weight excluding hydrogens is 496 g/mol. The van der Waals surface area contributed by atoms with Crippen molar-refractivity contribution in [3.63, 3.8) is 0 Å². The lowest BCUT2D eigenvalue weighted by molar-refractivity contribution is -0.160. The molecule has 0 saturated heterocycles. The summed E-state index contributed by atoms with van der Waals surface area (Å²) in [6, 6.07) is 0. The second-order valence-electron chi connectivity index (χ2n) is 9.79. The van der Waals surface area contributed by atoms with Crippen LogP contribution in [-0.2, 0) is 47.5 Å². The van der Waals surface area contributed by atoms with Gasteiger partial charge in [-0.05, 0) is 27.2 Å². The van der Waals surface area contributed by atoms with E-state index in [-0.39, 0.29) is 25.2 Å². The molecular formula is C28H54O10. The van der Waals surface area contributed by atoms with E-state index < -0.39 is 5.60 Å². The first-order valence-corrected chi connectivity index (χ1v) is 14.2. The van der Waals surface area contributed by atoms with Gasteiger partial charge in [0.25, 0.3) is 0 Å². The van der Waals surface area contributed by atoms with Crippen molar-refractivity contribution in [3.05, 3.63) is 0 Å². The molecule has 226 valence electrons. The summed E-state index contributed by atoms with van der Waals surface area (Å²) in [5.74, 6) is -0.531. The Balaban J connectivity index is 3.18. The second-order valence-corrected chi connectivity index (χ2v) is 9.79. The van der Waals surface area contributed by atoms with Crippen molar-refractivity contribution in [1.29, 1.82) is 0 Å². The Bertz CT molecular complexity index is 536. The molecule has 0 aliphatic heterocycles. The first-order chi connectivity index (χ1) is 18.3. The summed E-state index contributed by atoms with van der Waals surface area (Å²) in [7, 11) is 0. The first kappa shape index (κ1) is 36.7. The zero-order chi connectivity index (χ0) is 28.2. The van der Waals surface area contributed by atoms with Crippen LogP contribution in [0, 0.1) is 0 Å². The molecule has 0 spiro atoms. The van der Waals surface area contributed by atoms with Crippen LogP contribution in [0.5, 0.6) is 0 Å². The van der Waals surface area contributed by atoms with Gasteiger partial charge >= 0.3 is 11.9 Å². The zero-order valence-corrected chi connectivity index (χ0v) is 24.4. The lowest BCUT2D eigenvalue weighted by atomic mass is 10.1. The number of ether oxygens (including phenoxy) is 8. The zero-order valence-electron chi connectivity index (χ0n) is 24.4. The largest absolute Gasteiger partial charge is 0.463 e. The third-order valence-corrected chi connectivity index (χ3v) is 4.98. The third-order valence-electron chi connectivity index (χ3n) is 4.98. The molecule has 10 heteroatoms. The average molecular weight is 551 g/mol. The fourth-order valence-electron chi connectivity index (χ4n) is 3.14. The number of hydrogen-bond acceptors (Lipinski definition) is 10. The molecule has 0 saturated carbocycles. The van der Waals surface area contributed by atoms with Gasteiger partial charge < -0.3 is 37.9 Å². The summed E-state index contributed by atoms with van der Waals surface area (Å²) < 4.78 is 42.6. The molecule has 0 heterocycles. The Labute approximate surface area is 230 Å². The van der Waals surface area contributed by atoms with Crippen LogP contribution < -0.4 is 0 Å². The summed E-state index contributed by atoms with van der Waals surface area (Å²) in [4.78, 5) is 23.1. The van der Waals surface area contributed by atoms with Gasteiger partial charge in [0.1, 0.15) is 18.8 Å². The molecule has 0 atom stereocenters. The summed E-state index contributed by atoms with van der Waals surface area (Å²) >= 11 is 0. The highest BCUT2D eigenvalue weighted by molar-refractivity contribution is 5.71. The molecule has 0 aliphatic rings. The van der Waals surface area contributed by atoms with E-state index in [1.54, 1.807) is 0 Å². The fourth-order valence-corrected chi connectivity index (χ4v) is 3.14. The fraction of sp³-hybridized carbons (Fsp3) is 0.929. The van der Waals surface area contributed by atoms with Gasteiger partial charge in [0.05, 0.1) is 72.7 Å². The van der Waals surface area contributed by atoms with E-state index in [0.717, 1.165) is 12.8 Å². The molecule has 0 aromatic heterocycles. The van der Waals surface area contributed by atoms with E-state index in [1.165, 1.54) is 32.1 Å². The summed E-state index contributed by atoms with van der Waals surface area (Å²) in [6.45, 7) is 12.6. The number of carbonyl (C=O) groups is 2. The van der Waals surface area contributed by atoms with Crippen LogP contribution in [0.2, 0.25) is 0 Å². The van der Waals surface area contributed by atoms with Crippen molar-refractivity contribution in [1.82, 2.24) is 0 Å². The van der Waals surface area contributed by atoms with Gasteiger partial charge in [0.15, 0.2) is 0 Å². The van der Waals surface area contributed by atoms with Crippen molar-refractivity contribution in [2.75, 3.05) is 85.9 Å². The van der Waals surface area contributed by atoms with Crippen molar-refractivity contribution in [2.45, 2.75) is 84.7 Å². The molecule has 0 amide bonds. The van der Waals surface area contributed by atoms with Crippen LogP contribution >= 0.6 is 0 Å². The maximum Gasteiger partial charge on any atom is 0.332 e. The van der Waals surface area contributed by atoms with Crippen molar-refractivity contribution < 1.29 is 47.5 Å². The molecule has 0 fully saturated rings. The minimum absolute atomic E-state index is 0.0816. The van der Waals surface area contributed by atoms with Gasteiger partial charge in [-0.25, -0.2) is 4.79 Å². The van der Waals surface area contributed by atoms with E-state index in [1.807, 2.05) is 20.8 Å². The quantitative estimate of drug-likeness (QED) is 0.104.